The number of aliphatic imine (C=N–C) groups is 1. The largest absolute Gasteiger partial charge is 0.452 e. The second-order valence-electron chi connectivity index (χ2n) is 16.2. The third kappa shape index (κ3) is 6.29. The number of rotatable bonds is 9. The van der Waals surface area contributed by atoms with Crippen molar-refractivity contribution in [2.45, 2.75) is 161 Å². The quantitative estimate of drug-likeness (QED) is 0.280. The van der Waals surface area contributed by atoms with Crippen molar-refractivity contribution in [3.63, 3.8) is 0 Å². The molecule has 1 N–H and O–H groups in total. The molecule has 0 atom stereocenters. The lowest BCUT2D eigenvalue weighted by Crippen LogP contribution is -2.12. The molecule has 2 aromatic rings. The molecule has 1 aliphatic heterocycles. The van der Waals surface area contributed by atoms with Gasteiger partial charge in [0.2, 0.25) is 0 Å². The minimum absolute atomic E-state index is 0.224. The SMILES string of the molecule is CC1=C(C2CCCC2)C(=C(Oc2c(C(C)C)cc(C#N)cc2C(C)C)c2[nH]c(C3CCCC3)cc2C2CCCC2)N=C1C1CCCC1. The summed E-state index contributed by atoms with van der Waals surface area (Å²) >= 11 is 0. The first-order valence-electron chi connectivity index (χ1n) is 19.4. The molecule has 4 fully saturated rings. The lowest BCUT2D eigenvalue weighted by Gasteiger charge is -2.24. The van der Waals surface area contributed by atoms with E-state index in [1.807, 2.05) is 0 Å². The molecule has 2 heterocycles. The normalized spacial score (nSPS) is 22.8. The van der Waals surface area contributed by atoms with Gasteiger partial charge in [0.1, 0.15) is 11.4 Å². The number of ether oxygens (including phenoxy) is 1. The van der Waals surface area contributed by atoms with E-state index in [9.17, 15) is 5.26 Å². The van der Waals surface area contributed by atoms with Crippen LogP contribution in [0.2, 0.25) is 0 Å². The molecule has 4 aliphatic carbocycles. The first-order chi connectivity index (χ1) is 22.8. The number of aromatic amines is 1. The van der Waals surface area contributed by atoms with Crippen molar-refractivity contribution >= 4 is 11.5 Å². The molecular weight excluding hydrogens is 574 g/mol. The number of hydrogen-bond donors (Lipinski definition) is 1. The molecule has 4 heteroatoms. The molecule has 0 spiro atoms. The van der Waals surface area contributed by atoms with Crippen LogP contribution in [0.25, 0.3) is 5.76 Å². The lowest BCUT2D eigenvalue weighted by molar-refractivity contribution is 0.482. The maximum absolute atomic E-state index is 10.0. The van der Waals surface area contributed by atoms with Crippen molar-refractivity contribution in [2.75, 3.05) is 0 Å². The zero-order valence-electron chi connectivity index (χ0n) is 29.8. The third-order valence-corrected chi connectivity index (χ3v) is 12.4. The zero-order valence-corrected chi connectivity index (χ0v) is 29.8. The van der Waals surface area contributed by atoms with Crippen molar-refractivity contribution in [1.29, 1.82) is 5.26 Å². The predicted molar refractivity (Wildman–Crippen MR) is 194 cm³/mol. The zero-order chi connectivity index (χ0) is 32.7. The van der Waals surface area contributed by atoms with Crippen molar-refractivity contribution in [3.05, 3.63) is 68.7 Å². The van der Waals surface area contributed by atoms with Crippen LogP contribution in [0, 0.1) is 23.2 Å². The van der Waals surface area contributed by atoms with Gasteiger partial charge in [-0.05, 0) is 134 Å². The Hall–Kier alpha value is -3.06. The highest BCUT2D eigenvalue weighted by atomic mass is 16.5. The van der Waals surface area contributed by atoms with Gasteiger partial charge in [0.15, 0.2) is 5.76 Å². The molecule has 250 valence electrons. The summed E-state index contributed by atoms with van der Waals surface area (Å²) in [6.07, 6.45) is 20.5. The fraction of sp³-hybridized carbons (Fsp3) is 0.628. The fourth-order valence-corrected chi connectivity index (χ4v) is 9.79. The molecule has 47 heavy (non-hydrogen) atoms. The smallest absolute Gasteiger partial charge is 0.177 e. The summed E-state index contributed by atoms with van der Waals surface area (Å²) in [4.78, 5) is 9.83. The van der Waals surface area contributed by atoms with Gasteiger partial charge in [-0.2, -0.15) is 5.26 Å². The molecule has 4 saturated carbocycles. The second kappa shape index (κ2) is 13.8. The number of nitriles is 1. The Morgan fingerprint density at radius 2 is 1.26 bits per heavy atom. The van der Waals surface area contributed by atoms with Crippen LogP contribution in [0.1, 0.15) is 195 Å². The van der Waals surface area contributed by atoms with Crippen LogP contribution in [0.4, 0.5) is 0 Å². The summed E-state index contributed by atoms with van der Waals surface area (Å²) in [6.45, 7) is 11.3. The Bertz CT molecular complexity index is 1570. The van der Waals surface area contributed by atoms with Gasteiger partial charge in [0.05, 0.1) is 17.3 Å². The van der Waals surface area contributed by atoms with E-state index in [2.05, 4.69) is 63.9 Å². The first-order valence-corrected chi connectivity index (χ1v) is 19.4. The lowest BCUT2D eigenvalue weighted by atomic mass is 9.87. The van der Waals surface area contributed by atoms with Gasteiger partial charge in [-0.25, -0.2) is 4.99 Å². The van der Waals surface area contributed by atoms with Crippen LogP contribution < -0.4 is 4.74 Å². The van der Waals surface area contributed by atoms with E-state index in [4.69, 9.17) is 9.73 Å². The van der Waals surface area contributed by atoms with Crippen LogP contribution in [-0.2, 0) is 0 Å². The number of aromatic nitrogens is 1. The van der Waals surface area contributed by atoms with Gasteiger partial charge in [-0.15, -0.1) is 0 Å². The number of nitrogens with one attached hydrogen (secondary N) is 1. The highest BCUT2D eigenvalue weighted by molar-refractivity contribution is 6.07. The van der Waals surface area contributed by atoms with Crippen LogP contribution in [-0.4, -0.2) is 10.7 Å². The van der Waals surface area contributed by atoms with Gasteiger partial charge < -0.3 is 9.72 Å². The topological polar surface area (TPSA) is 61.2 Å². The molecule has 4 nitrogen and oxygen atoms in total. The summed E-state index contributed by atoms with van der Waals surface area (Å²) in [7, 11) is 0. The predicted octanol–water partition coefficient (Wildman–Crippen LogP) is 12.3. The van der Waals surface area contributed by atoms with E-state index in [1.165, 1.54) is 137 Å². The maximum Gasteiger partial charge on any atom is 0.177 e. The fourth-order valence-electron chi connectivity index (χ4n) is 9.79. The molecule has 0 bridgehead atoms. The number of H-pyrrole nitrogens is 1. The molecule has 0 saturated heterocycles. The average molecular weight is 632 g/mol. The standard InChI is InChI=1S/C43H57N3O/c1-26(2)34-22-29(25-44)23-35(27(3)4)42(34)47-43(40-36(30-14-6-7-15-30)24-37(45-40)31-16-8-9-17-31)41-38(32-18-10-11-19-32)28(5)39(46-41)33-20-12-13-21-33/h22-24,26-27,30-33,45H,6-21H2,1-5H3. The van der Waals surface area contributed by atoms with Crippen molar-refractivity contribution in [3.8, 4) is 11.8 Å². The molecule has 5 aliphatic rings. The summed E-state index contributed by atoms with van der Waals surface area (Å²) in [5.41, 5.74) is 12.4. The molecule has 7 rings (SSSR count). The summed E-state index contributed by atoms with van der Waals surface area (Å²) < 4.78 is 7.59. The van der Waals surface area contributed by atoms with Crippen LogP contribution >= 0.6 is 0 Å². The van der Waals surface area contributed by atoms with Crippen LogP contribution in [0.3, 0.4) is 0 Å². The molecule has 0 radical (unpaired) electrons. The van der Waals surface area contributed by atoms with Crippen LogP contribution in [0.15, 0.2) is 40.0 Å². The first kappa shape index (κ1) is 32.5. The average Bonchev–Trinajstić information content (AvgIpc) is 3.90. The van der Waals surface area contributed by atoms with E-state index in [1.54, 1.807) is 0 Å². The molecule has 1 aromatic carbocycles. The van der Waals surface area contributed by atoms with E-state index < -0.39 is 0 Å². The van der Waals surface area contributed by atoms with Crippen molar-refractivity contribution in [2.24, 2.45) is 16.8 Å². The van der Waals surface area contributed by atoms with E-state index in [-0.39, 0.29) is 11.8 Å². The Morgan fingerprint density at radius 1 is 0.745 bits per heavy atom. The summed E-state index contributed by atoms with van der Waals surface area (Å²) in [6, 6.07) is 9.15. The van der Waals surface area contributed by atoms with E-state index in [0.29, 0.717) is 23.7 Å². The third-order valence-electron chi connectivity index (χ3n) is 12.4. The van der Waals surface area contributed by atoms with Gasteiger partial charge in [0, 0.05) is 17.3 Å². The number of hydrogen-bond acceptors (Lipinski definition) is 3. The van der Waals surface area contributed by atoms with E-state index in [0.717, 1.165) is 33.9 Å². The summed E-state index contributed by atoms with van der Waals surface area (Å²) in [5, 5.41) is 10.0. The Kier molecular flexibility index (Phi) is 9.55. The van der Waals surface area contributed by atoms with Gasteiger partial charge >= 0.3 is 0 Å². The Morgan fingerprint density at radius 3 is 1.79 bits per heavy atom. The molecule has 0 amide bonds. The second-order valence-corrected chi connectivity index (χ2v) is 16.2. The molecular formula is C43H57N3O. The summed E-state index contributed by atoms with van der Waals surface area (Å²) in [5.74, 6) is 4.62. The Balaban J connectivity index is 1.50. The van der Waals surface area contributed by atoms with Gasteiger partial charge in [-0.3, -0.25) is 0 Å². The Labute approximate surface area is 284 Å². The molecule has 1 aromatic heterocycles. The monoisotopic (exact) mass is 631 g/mol. The van der Waals surface area contributed by atoms with Crippen molar-refractivity contribution < 1.29 is 4.74 Å². The number of allylic oxidation sites excluding steroid dienone is 2. The van der Waals surface area contributed by atoms with Crippen LogP contribution in [0.5, 0.6) is 5.75 Å². The maximum atomic E-state index is 10.0. The van der Waals surface area contributed by atoms with E-state index >= 15 is 0 Å². The minimum Gasteiger partial charge on any atom is -0.452 e. The highest BCUT2D eigenvalue weighted by Crippen LogP contribution is 2.49. The minimum atomic E-state index is 0.224. The van der Waals surface area contributed by atoms with Gasteiger partial charge in [0.25, 0.3) is 0 Å². The number of benzene rings is 1. The van der Waals surface area contributed by atoms with Crippen molar-refractivity contribution in [1.82, 2.24) is 4.98 Å². The molecule has 0 unspecified atom stereocenters. The highest BCUT2D eigenvalue weighted by Gasteiger charge is 2.38. The number of nitrogens with zero attached hydrogens (tertiary/aromatic N) is 2. The van der Waals surface area contributed by atoms with Gasteiger partial charge in [-0.1, -0.05) is 79.1 Å².